The van der Waals surface area contributed by atoms with Gasteiger partial charge in [0.15, 0.2) is 37.0 Å². The maximum absolute atomic E-state index is 15.0. The Morgan fingerprint density at radius 2 is 1.18 bits per heavy atom. The quantitative estimate of drug-likeness (QED) is 0.0343. The van der Waals surface area contributed by atoms with Crippen molar-refractivity contribution in [3.05, 3.63) is 23.3 Å². The number of ketones is 1. The van der Waals surface area contributed by atoms with Gasteiger partial charge >= 0.3 is 17.9 Å². The lowest BCUT2D eigenvalue weighted by Crippen LogP contribution is -2.76. The van der Waals surface area contributed by atoms with Crippen LogP contribution in [0.4, 0.5) is 0 Å². The molecule has 9 rings (SSSR count). The van der Waals surface area contributed by atoms with Crippen LogP contribution in [0.3, 0.4) is 0 Å². The van der Waals surface area contributed by atoms with Gasteiger partial charge in [-0.15, -0.1) is 0 Å². The number of carbonyl (C=O) groups excluding carboxylic acids is 3. The van der Waals surface area contributed by atoms with Crippen molar-refractivity contribution in [3.8, 4) is 0 Å². The van der Waals surface area contributed by atoms with Crippen LogP contribution >= 0.6 is 0 Å². The summed E-state index contributed by atoms with van der Waals surface area (Å²) in [4.78, 5) is 54.7. The molecule has 28 nitrogen and oxygen atoms in total. The lowest BCUT2D eigenvalue weighted by atomic mass is 9.31. The average Bonchev–Trinajstić information content (AvgIpc) is 0.661. The fourth-order valence-electron chi connectivity index (χ4n) is 18.2. The summed E-state index contributed by atoms with van der Waals surface area (Å²) in [6.45, 7) is 16.6. The zero-order valence-corrected chi connectivity index (χ0v) is 52.8. The third-order valence-electron chi connectivity index (χ3n) is 23.2. The van der Waals surface area contributed by atoms with Crippen molar-refractivity contribution in [2.45, 2.75) is 256 Å². The SMILES string of the molecule is CC=C(C)C(=O)C1C(OC(C)=O)C(C)(C)CC2C3=CCC4C5(C)CCC(OC6OC(C(=O)O)C(O)C(OC7OCC(O)C(O)C7OC7OC(CO)C(O)C(O)C7O)C6OC6OC(CO)C(O)C(O)C6O)C(C)(C)C5CCC4(C)C3(C)C(O)C(OC(C)=O)C21CO. The highest BCUT2D eigenvalue weighted by atomic mass is 16.8. The number of aliphatic carboxylic acids is 1. The summed E-state index contributed by atoms with van der Waals surface area (Å²) < 4.78 is 61.1. The molecule has 0 bridgehead atoms. The topological polar surface area (TPSA) is 444 Å². The van der Waals surface area contributed by atoms with E-state index < -0.39 is 236 Å². The van der Waals surface area contributed by atoms with E-state index in [1.807, 2.05) is 34.6 Å². The molecule has 512 valence electrons. The number of Topliss-reactive ketones (excluding diaryl/α,β-unsaturated/α-hetero) is 1. The van der Waals surface area contributed by atoms with Crippen molar-refractivity contribution in [2.24, 2.45) is 56.2 Å². The highest BCUT2D eigenvalue weighted by molar-refractivity contribution is 5.98. The maximum Gasteiger partial charge on any atom is 0.335 e. The summed E-state index contributed by atoms with van der Waals surface area (Å²) in [5.41, 5.74) is -4.89. The van der Waals surface area contributed by atoms with Crippen LogP contribution in [0.5, 0.6) is 0 Å². The first-order valence-corrected chi connectivity index (χ1v) is 31.3. The van der Waals surface area contributed by atoms with Gasteiger partial charge in [-0.05, 0) is 91.9 Å². The smallest absolute Gasteiger partial charge is 0.335 e. The van der Waals surface area contributed by atoms with Crippen molar-refractivity contribution in [2.75, 3.05) is 26.4 Å². The Bertz CT molecular complexity index is 2680. The van der Waals surface area contributed by atoms with Crippen LogP contribution in [0.25, 0.3) is 0 Å². The molecule has 0 aromatic carbocycles. The number of esters is 2. The Balaban J connectivity index is 1.08. The minimum absolute atomic E-state index is 0.222. The van der Waals surface area contributed by atoms with E-state index in [2.05, 4.69) is 19.9 Å². The number of hydrogen-bond acceptors (Lipinski definition) is 27. The summed E-state index contributed by atoms with van der Waals surface area (Å²) in [5, 5.41) is 156. The number of fused-ring (bicyclic) bond motifs is 7. The van der Waals surface area contributed by atoms with Gasteiger partial charge in [0.25, 0.3) is 0 Å². The molecule has 14 N–H and O–H groups in total. The van der Waals surface area contributed by atoms with Crippen LogP contribution in [0.15, 0.2) is 23.3 Å². The number of rotatable bonds is 16. The van der Waals surface area contributed by atoms with E-state index in [1.165, 1.54) is 13.8 Å². The Morgan fingerprint density at radius 3 is 1.71 bits per heavy atom. The minimum atomic E-state index is -2.28. The van der Waals surface area contributed by atoms with Crippen molar-refractivity contribution in [3.63, 3.8) is 0 Å². The van der Waals surface area contributed by atoms with Crippen LogP contribution in [0.1, 0.15) is 115 Å². The molecule has 5 aliphatic carbocycles. The normalized spacial score (nSPS) is 50.0. The fraction of sp³-hybridized carbons (Fsp3) is 0.871. The number of carbonyl (C=O) groups is 4. The lowest BCUT2D eigenvalue weighted by molar-refractivity contribution is -0.401. The molecule has 4 heterocycles. The van der Waals surface area contributed by atoms with Gasteiger partial charge in [0, 0.05) is 24.7 Å². The fourth-order valence-corrected chi connectivity index (χ4v) is 18.2. The Kier molecular flexibility index (Phi) is 20.5. The number of hydrogen-bond donors (Lipinski definition) is 14. The summed E-state index contributed by atoms with van der Waals surface area (Å²) in [6, 6.07) is 0. The number of aliphatic hydroxyl groups excluding tert-OH is 13. The predicted molar refractivity (Wildman–Crippen MR) is 304 cm³/mol. The second kappa shape index (κ2) is 26.0. The average molecular weight is 1290 g/mol. The Labute approximate surface area is 521 Å². The molecule has 4 aliphatic heterocycles. The van der Waals surface area contributed by atoms with Crippen LogP contribution in [-0.4, -0.2) is 263 Å². The number of carboxylic acid groups (broad SMARTS) is 1. The first-order valence-electron chi connectivity index (χ1n) is 31.3. The maximum atomic E-state index is 15.0. The van der Waals surface area contributed by atoms with E-state index in [-0.39, 0.29) is 24.7 Å². The van der Waals surface area contributed by atoms with Crippen LogP contribution in [-0.2, 0) is 66.5 Å². The van der Waals surface area contributed by atoms with Gasteiger partial charge in [0.2, 0.25) is 0 Å². The highest BCUT2D eigenvalue weighted by Crippen LogP contribution is 2.77. The van der Waals surface area contributed by atoms with E-state index >= 15 is 0 Å². The molecule has 0 spiro atoms. The van der Waals surface area contributed by atoms with E-state index in [9.17, 15) is 90.7 Å². The molecule has 0 radical (unpaired) electrons. The second-order valence-corrected chi connectivity index (χ2v) is 28.7. The first kappa shape index (κ1) is 71.0. The molecule has 8 fully saturated rings. The molecule has 0 amide bonds. The Morgan fingerprint density at radius 1 is 0.622 bits per heavy atom. The van der Waals surface area contributed by atoms with Gasteiger partial charge in [0.05, 0.1) is 43.9 Å². The van der Waals surface area contributed by atoms with Gasteiger partial charge in [0.1, 0.15) is 104 Å². The minimum Gasteiger partial charge on any atom is -0.479 e. The van der Waals surface area contributed by atoms with Gasteiger partial charge in [-0.2, -0.15) is 0 Å². The van der Waals surface area contributed by atoms with Crippen molar-refractivity contribution < 1.29 is 138 Å². The largest absolute Gasteiger partial charge is 0.479 e. The highest BCUT2D eigenvalue weighted by Gasteiger charge is 2.77. The zero-order valence-electron chi connectivity index (χ0n) is 52.8. The zero-order chi connectivity index (χ0) is 66.6. The molecular weight excluding hydrogens is 1190 g/mol. The standard InChI is InChI=1S/C62H96O28/c1-12-24(2)36(69)35-50(82-25(3)66)57(5,6)19-28-27-13-14-33-59(9)17-16-34(58(7,8)32(59)15-18-60(33,10)61(27,11)49(78)51(83-26(4)67)62(28,35)23-65)86-56-48(90-54-43(76)41(74)39(72)31(21-64)85-54)45(44(77)46(88-56)52(79)80)87-55-47(37(70)29(68)22-81-55)89-53-42(75)40(73)38(71)30(20-63)84-53/h12-13,28-35,37-51,53-56,63-65,68,70-78H,14-23H2,1-11H3,(H,79,80). The van der Waals surface area contributed by atoms with Gasteiger partial charge in [-0.25, -0.2) is 4.79 Å². The molecule has 31 atom stereocenters. The van der Waals surface area contributed by atoms with Crippen molar-refractivity contribution >= 4 is 23.7 Å². The molecule has 9 aliphatic rings. The first-order chi connectivity index (χ1) is 42.0. The number of ether oxygens (including phenoxy) is 10. The molecular formula is C62H96O28. The van der Waals surface area contributed by atoms with E-state index in [4.69, 9.17) is 47.4 Å². The van der Waals surface area contributed by atoms with Gasteiger partial charge < -0.3 is 119 Å². The molecule has 28 heteroatoms. The second-order valence-electron chi connectivity index (χ2n) is 28.7. The Hall–Kier alpha value is -3.28. The number of carboxylic acids is 1. The summed E-state index contributed by atoms with van der Waals surface area (Å²) in [7, 11) is 0. The lowest BCUT2D eigenvalue weighted by Gasteiger charge is -2.73. The van der Waals surface area contributed by atoms with E-state index in [1.54, 1.807) is 19.9 Å². The van der Waals surface area contributed by atoms with Crippen LogP contribution < -0.4 is 0 Å². The molecule has 31 unspecified atom stereocenters. The van der Waals surface area contributed by atoms with Gasteiger partial charge in [-0.1, -0.05) is 66.2 Å². The monoisotopic (exact) mass is 1290 g/mol. The van der Waals surface area contributed by atoms with Crippen LogP contribution in [0.2, 0.25) is 0 Å². The number of allylic oxidation sites excluding steroid dienone is 3. The predicted octanol–water partition coefficient (Wildman–Crippen LogP) is -2.02. The molecule has 90 heavy (non-hydrogen) atoms. The van der Waals surface area contributed by atoms with Crippen molar-refractivity contribution in [1.29, 1.82) is 0 Å². The van der Waals surface area contributed by atoms with E-state index in [0.29, 0.717) is 31.3 Å². The third kappa shape index (κ3) is 11.5. The summed E-state index contributed by atoms with van der Waals surface area (Å²) >= 11 is 0. The molecule has 0 aromatic rings. The summed E-state index contributed by atoms with van der Waals surface area (Å²) in [5.74, 6) is -5.97. The molecule has 0 aromatic heterocycles. The third-order valence-corrected chi connectivity index (χ3v) is 23.2. The summed E-state index contributed by atoms with van der Waals surface area (Å²) in [6.07, 6.45) is -35.8. The number of aliphatic hydroxyl groups is 13. The molecule has 4 saturated heterocycles. The van der Waals surface area contributed by atoms with Crippen LogP contribution in [0, 0.1) is 56.2 Å². The van der Waals surface area contributed by atoms with E-state index in [0.717, 1.165) is 5.57 Å². The van der Waals surface area contributed by atoms with Gasteiger partial charge in [-0.3, -0.25) is 14.4 Å². The van der Waals surface area contributed by atoms with Crippen molar-refractivity contribution in [1.82, 2.24) is 0 Å². The molecule has 4 saturated carbocycles.